The Labute approximate surface area is 127 Å². The van der Waals surface area contributed by atoms with Crippen molar-refractivity contribution in [3.63, 3.8) is 0 Å². The van der Waals surface area contributed by atoms with Gasteiger partial charge >= 0.3 is 0 Å². The van der Waals surface area contributed by atoms with E-state index in [-0.39, 0.29) is 17.1 Å². The molecule has 0 unspecified atom stereocenters. The van der Waals surface area contributed by atoms with Gasteiger partial charge in [-0.1, -0.05) is 19.0 Å². The quantitative estimate of drug-likeness (QED) is 0.241. The second-order valence-electron chi connectivity index (χ2n) is 5.48. The lowest BCUT2D eigenvalue weighted by Crippen LogP contribution is -2.32. The minimum Gasteiger partial charge on any atom is -0.409 e. The van der Waals surface area contributed by atoms with E-state index in [0.29, 0.717) is 4.47 Å². The fraction of sp³-hybridized carbons (Fsp3) is 0.500. The van der Waals surface area contributed by atoms with Crippen LogP contribution < -0.4 is 11.1 Å². The number of hydrogen-bond donors (Lipinski definition) is 3. The zero-order valence-electron chi connectivity index (χ0n) is 12.0. The minimum absolute atomic E-state index is 0.234. The van der Waals surface area contributed by atoms with Crippen molar-refractivity contribution in [1.29, 1.82) is 0 Å². The van der Waals surface area contributed by atoms with E-state index >= 15 is 0 Å². The smallest absolute Gasteiger partial charge is 0.144 e. The van der Waals surface area contributed by atoms with Crippen molar-refractivity contribution >= 4 is 27.5 Å². The molecule has 0 aliphatic rings. The van der Waals surface area contributed by atoms with Gasteiger partial charge in [-0.2, -0.15) is 0 Å². The first kappa shape index (κ1) is 16.8. The molecule has 0 amide bonds. The number of anilines is 1. The van der Waals surface area contributed by atoms with Crippen molar-refractivity contribution < 1.29 is 9.60 Å². The third kappa shape index (κ3) is 4.37. The predicted octanol–water partition coefficient (Wildman–Crippen LogP) is 3.86. The Kier molecular flexibility index (Phi) is 5.80. The zero-order valence-corrected chi connectivity index (χ0v) is 13.6. The van der Waals surface area contributed by atoms with Crippen LogP contribution in [0.3, 0.4) is 0 Å². The summed E-state index contributed by atoms with van der Waals surface area (Å²) in [6.07, 6.45) is 1.65. The Morgan fingerprint density at radius 2 is 2.15 bits per heavy atom. The number of nitrogens with zero attached hydrogens (tertiary/aromatic N) is 1. The number of nitrogens with one attached hydrogen (secondary N) is 1. The highest BCUT2D eigenvalue weighted by molar-refractivity contribution is 9.10. The van der Waals surface area contributed by atoms with E-state index in [2.05, 4.69) is 26.4 Å². The fourth-order valence-corrected chi connectivity index (χ4v) is 2.20. The topological polar surface area (TPSA) is 70.6 Å². The molecule has 4 N–H and O–H groups in total. The molecule has 1 aromatic rings. The van der Waals surface area contributed by atoms with Gasteiger partial charge in [0.05, 0.1) is 4.47 Å². The summed E-state index contributed by atoms with van der Waals surface area (Å²) in [4.78, 5) is 0. The molecule has 0 atom stereocenters. The van der Waals surface area contributed by atoms with E-state index in [4.69, 9.17) is 10.9 Å². The molecule has 1 rings (SSSR count). The molecule has 0 saturated heterocycles. The molecule has 0 heterocycles. The van der Waals surface area contributed by atoms with Crippen molar-refractivity contribution in [2.75, 3.05) is 11.9 Å². The molecule has 0 saturated carbocycles. The lowest BCUT2D eigenvalue weighted by atomic mass is 9.86. The zero-order chi connectivity index (χ0) is 15.3. The van der Waals surface area contributed by atoms with Crippen LogP contribution in [0.2, 0.25) is 0 Å². The summed E-state index contributed by atoms with van der Waals surface area (Å²) < 4.78 is 13.8. The van der Waals surface area contributed by atoms with Gasteiger partial charge in [0.1, 0.15) is 11.7 Å². The number of benzene rings is 1. The normalized spacial score (nSPS) is 12.6. The number of nitrogens with two attached hydrogens (primary N) is 1. The Bertz CT molecular complexity index is 503. The molecule has 112 valence electrons. The summed E-state index contributed by atoms with van der Waals surface area (Å²) in [5.41, 5.74) is 7.06. The third-order valence-corrected chi connectivity index (χ3v) is 3.97. The van der Waals surface area contributed by atoms with E-state index in [1.165, 1.54) is 6.07 Å². The van der Waals surface area contributed by atoms with Crippen molar-refractivity contribution in [1.82, 2.24) is 0 Å². The molecule has 0 bridgehead atoms. The molecule has 0 spiro atoms. The van der Waals surface area contributed by atoms with Crippen LogP contribution in [-0.2, 0) is 0 Å². The lowest BCUT2D eigenvalue weighted by Gasteiger charge is -2.22. The number of hydrogen-bond acceptors (Lipinski definition) is 3. The molecular formula is C14H21BrFN3O. The summed E-state index contributed by atoms with van der Waals surface area (Å²) in [5, 5.41) is 15.0. The fourth-order valence-electron chi connectivity index (χ4n) is 1.85. The largest absolute Gasteiger partial charge is 0.409 e. The first-order valence-electron chi connectivity index (χ1n) is 6.45. The van der Waals surface area contributed by atoms with Crippen LogP contribution in [-0.4, -0.2) is 17.6 Å². The Balaban J connectivity index is 2.52. The second-order valence-corrected chi connectivity index (χ2v) is 6.34. The number of oxime groups is 1. The van der Waals surface area contributed by atoms with Crippen LogP contribution in [0, 0.1) is 18.2 Å². The van der Waals surface area contributed by atoms with E-state index < -0.39 is 0 Å². The average molecular weight is 346 g/mol. The SMILES string of the molecule is Cc1cc(F)c(Br)cc1NCCCC(C)(C)/C(N)=N/O. The van der Waals surface area contributed by atoms with Gasteiger partial charge in [-0.25, -0.2) is 4.39 Å². The third-order valence-electron chi connectivity index (χ3n) is 3.36. The molecule has 0 aromatic heterocycles. The Morgan fingerprint density at radius 1 is 1.50 bits per heavy atom. The molecule has 0 aliphatic heterocycles. The Morgan fingerprint density at radius 3 is 2.75 bits per heavy atom. The van der Waals surface area contributed by atoms with Gasteiger partial charge in [0.2, 0.25) is 0 Å². The summed E-state index contributed by atoms with van der Waals surface area (Å²) in [5.74, 6) is -0.0284. The van der Waals surface area contributed by atoms with Crippen LogP contribution in [0.5, 0.6) is 0 Å². The average Bonchev–Trinajstić information content (AvgIpc) is 2.39. The first-order chi connectivity index (χ1) is 9.27. The summed E-state index contributed by atoms with van der Waals surface area (Å²) in [6.45, 7) is 6.46. The number of halogens is 2. The van der Waals surface area contributed by atoms with Crippen LogP contribution in [0.1, 0.15) is 32.3 Å². The van der Waals surface area contributed by atoms with Crippen molar-refractivity contribution in [2.24, 2.45) is 16.3 Å². The van der Waals surface area contributed by atoms with E-state index in [9.17, 15) is 4.39 Å². The number of amidine groups is 1. The first-order valence-corrected chi connectivity index (χ1v) is 7.25. The molecule has 0 aliphatic carbocycles. The van der Waals surface area contributed by atoms with Gasteiger partial charge in [-0.15, -0.1) is 0 Å². The van der Waals surface area contributed by atoms with Gasteiger partial charge in [0.15, 0.2) is 0 Å². The highest BCUT2D eigenvalue weighted by atomic mass is 79.9. The van der Waals surface area contributed by atoms with Crippen molar-refractivity contribution in [3.8, 4) is 0 Å². The maximum absolute atomic E-state index is 13.3. The van der Waals surface area contributed by atoms with E-state index in [1.807, 2.05) is 20.8 Å². The molecule has 0 radical (unpaired) electrons. The summed E-state index contributed by atoms with van der Waals surface area (Å²) in [6, 6.07) is 3.23. The maximum Gasteiger partial charge on any atom is 0.144 e. The maximum atomic E-state index is 13.3. The lowest BCUT2D eigenvalue weighted by molar-refractivity contribution is 0.305. The molecular weight excluding hydrogens is 325 g/mol. The van der Waals surface area contributed by atoms with Crippen LogP contribution in [0.25, 0.3) is 0 Å². The van der Waals surface area contributed by atoms with E-state index in [0.717, 1.165) is 30.6 Å². The standard InChI is InChI=1S/C14H21BrFN3O/c1-9-7-11(16)10(15)8-12(9)18-6-4-5-14(2,3)13(17)19-20/h7-8,18,20H,4-6H2,1-3H3,(H2,17,19). The molecule has 6 heteroatoms. The summed E-state index contributed by atoms with van der Waals surface area (Å²) >= 11 is 3.17. The highest BCUT2D eigenvalue weighted by Gasteiger charge is 2.22. The molecule has 0 fully saturated rings. The summed E-state index contributed by atoms with van der Waals surface area (Å²) in [7, 11) is 0. The monoisotopic (exact) mass is 345 g/mol. The minimum atomic E-state index is -0.338. The van der Waals surface area contributed by atoms with Crippen LogP contribution in [0.15, 0.2) is 21.8 Å². The Hall–Kier alpha value is -1.30. The van der Waals surface area contributed by atoms with Crippen molar-refractivity contribution in [2.45, 2.75) is 33.6 Å². The highest BCUT2D eigenvalue weighted by Crippen LogP contribution is 2.25. The molecule has 1 aromatic carbocycles. The molecule has 20 heavy (non-hydrogen) atoms. The van der Waals surface area contributed by atoms with Gasteiger partial charge in [-0.05, 0) is 53.4 Å². The number of aryl methyl sites for hydroxylation is 1. The van der Waals surface area contributed by atoms with Crippen LogP contribution in [0.4, 0.5) is 10.1 Å². The van der Waals surface area contributed by atoms with Gasteiger partial charge in [-0.3, -0.25) is 0 Å². The second kappa shape index (κ2) is 6.92. The van der Waals surface area contributed by atoms with Gasteiger partial charge in [0.25, 0.3) is 0 Å². The van der Waals surface area contributed by atoms with Crippen LogP contribution >= 0.6 is 15.9 Å². The van der Waals surface area contributed by atoms with Gasteiger partial charge < -0.3 is 16.3 Å². The predicted molar refractivity (Wildman–Crippen MR) is 83.8 cm³/mol. The molecule has 4 nitrogen and oxygen atoms in total. The van der Waals surface area contributed by atoms with Gasteiger partial charge in [0, 0.05) is 17.6 Å². The van der Waals surface area contributed by atoms with E-state index in [1.54, 1.807) is 6.07 Å². The van der Waals surface area contributed by atoms with Crippen molar-refractivity contribution in [3.05, 3.63) is 28.0 Å². The number of rotatable bonds is 6.